The molecule has 3 aromatic rings. The highest BCUT2D eigenvalue weighted by molar-refractivity contribution is 6.02. The lowest BCUT2D eigenvalue weighted by Gasteiger charge is -2.26. The van der Waals surface area contributed by atoms with E-state index in [0.717, 1.165) is 56.0 Å². The van der Waals surface area contributed by atoms with Crippen molar-refractivity contribution in [3.05, 3.63) is 96.1 Å². The Bertz CT molecular complexity index is 1080. The van der Waals surface area contributed by atoms with Crippen molar-refractivity contribution >= 4 is 11.8 Å². The molecule has 1 aliphatic heterocycles. The average molecular weight is 472 g/mol. The Kier molecular flexibility index (Phi) is 9.04. The number of amides is 2. The maximum Gasteiger partial charge on any atom is 0.252 e. The molecule has 0 radical (unpaired) electrons. The second-order valence-corrected chi connectivity index (χ2v) is 8.73. The van der Waals surface area contributed by atoms with Gasteiger partial charge < -0.3 is 15.4 Å². The predicted molar refractivity (Wildman–Crippen MR) is 138 cm³/mol. The Morgan fingerprint density at radius 1 is 0.857 bits per heavy atom. The smallest absolute Gasteiger partial charge is 0.252 e. The van der Waals surface area contributed by atoms with E-state index >= 15 is 0 Å². The Morgan fingerprint density at radius 3 is 2.26 bits per heavy atom. The SMILES string of the molecule is O=C(N[C@@H](Cc1ccccc1)C(=O)NCCCN1CCOCC1)c1ccccc1-c1ccccc1. The lowest BCUT2D eigenvalue weighted by atomic mass is 9.98. The summed E-state index contributed by atoms with van der Waals surface area (Å²) in [6, 6.07) is 26.4. The molecule has 6 nitrogen and oxygen atoms in total. The van der Waals surface area contributed by atoms with Crippen molar-refractivity contribution in [2.75, 3.05) is 39.4 Å². The first-order valence-electron chi connectivity index (χ1n) is 12.3. The Morgan fingerprint density at radius 2 is 1.51 bits per heavy atom. The van der Waals surface area contributed by atoms with Crippen LogP contribution in [-0.4, -0.2) is 62.1 Å². The van der Waals surface area contributed by atoms with Crippen molar-refractivity contribution in [1.82, 2.24) is 15.5 Å². The van der Waals surface area contributed by atoms with Crippen LogP contribution in [0.2, 0.25) is 0 Å². The number of carbonyl (C=O) groups is 2. The van der Waals surface area contributed by atoms with E-state index in [0.29, 0.717) is 18.5 Å². The molecule has 2 N–H and O–H groups in total. The van der Waals surface area contributed by atoms with Crippen molar-refractivity contribution < 1.29 is 14.3 Å². The van der Waals surface area contributed by atoms with Crippen LogP contribution in [0.1, 0.15) is 22.3 Å². The summed E-state index contributed by atoms with van der Waals surface area (Å²) in [7, 11) is 0. The van der Waals surface area contributed by atoms with Gasteiger partial charge in [-0.05, 0) is 35.7 Å². The van der Waals surface area contributed by atoms with Crippen LogP contribution in [0.25, 0.3) is 11.1 Å². The average Bonchev–Trinajstić information content (AvgIpc) is 2.92. The van der Waals surface area contributed by atoms with Gasteiger partial charge >= 0.3 is 0 Å². The molecular weight excluding hydrogens is 438 g/mol. The Hall–Kier alpha value is -3.48. The lowest BCUT2D eigenvalue weighted by molar-refractivity contribution is -0.123. The van der Waals surface area contributed by atoms with Crippen LogP contribution in [0.3, 0.4) is 0 Å². The minimum Gasteiger partial charge on any atom is -0.379 e. The van der Waals surface area contributed by atoms with Gasteiger partial charge in [-0.1, -0.05) is 78.9 Å². The van der Waals surface area contributed by atoms with Crippen LogP contribution in [0.5, 0.6) is 0 Å². The highest BCUT2D eigenvalue weighted by Crippen LogP contribution is 2.23. The number of nitrogens with one attached hydrogen (secondary N) is 2. The van der Waals surface area contributed by atoms with Crippen LogP contribution >= 0.6 is 0 Å². The molecule has 1 saturated heterocycles. The number of hydrogen-bond donors (Lipinski definition) is 2. The summed E-state index contributed by atoms with van der Waals surface area (Å²) in [5.74, 6) is -0.421. The van der Waals surface area contributed by atoms with Crippen molar-refractivity contribution in [3.8, 4) is 11.1 Å². The van der Waals surface area contributed by atoms with Crippen LogP contribution < -0.4 is 10.6 Å². The quantitative estimate of drug-likeness (QED) is 0.444. The third kappa shape index (κ3) is 7.25. The summed E-state index contributed by atoms with van der Waals surface area (Å²) in [6.45, 7) is 4.88. The summed E-state index contributed by atoms with van der Waals surface area (Å²) >= 11 is 0. The monoisotopic (exact) mass is 471 g/mol. The number of rotatable bonds is 10. The maximum atomic E-state index is 13.4. The summed E-state index contributed by atoms with van der Waals surface area (Å²) in [5, 5.41) is 6.04. The first kappa shape index (κ1) is 24.6. The molecule has 1 heterocycles. The fourth-order valence-electron chi connectivity index (χ4n) is 4.31. The van der Waals surface area contributed by atoms with Gasteiger partial charge in [-0.15, -0.1) is 0 Å². The highest BCUT2D eigenvalue weighted by atomic mass is 16.5. The normalized spacial score (nSPS) is 14.7. The molecule has 1 atom stereocenters. The molecule has 2 amide bonds. The molecule has 0 bridgehead atoms. The molecule has 182 valence electrons. The predicted octanol–water partition coefficient (Wildman–Crippen LogP) is 3.53. The first-order valence-corrected chi connectivity index (χ1v) is 12.3. The van der Waals surface area contributed by atoms with Crippen LogP contribution in [0.4, 0.5) is 0 Å². The molecule has 1 fully saturated rings. The van der Waals surface area contributed by atoms with E-state index < -0.39 is 6.04 Å². The van der Waals surface area contributed by atoms with E-state index in [1.807, 2.05) is 78.9 Å². The summed E-state index contributed by atoms with van der Waals surface area (Å²) in [5.41, 5.74) is 3.36. The number of carbonyl (C=O) groups excluding carboxylic acids is 2. The molecule has 0 aliphatic carbocycles. The Balaban J connectivity index is 1.43. The van der Waals surface area contributed by atoms with Gasteiger partial charge in [-0.25, -0.2) is 0 Å². The Labute approximate surface area is 207 Å². The van der Waals surface area contributed by atoms with E-state index in [1.165, 1.54) is 0 Å². The first-order chi connectivity index (χ1) is 17.2. The molecular formula is C29H33N3O3. The van der Waals surface area contributed by atoms with Crippen molar-refractivity contribution in [1.29, 1.82) is 0 Å². The number of benzene rings is 3. The summed E-state index contributed by atoms with van der Waals surface area (Å²) in [6.07, 6.45) is 1.28. The van der Waals surface area contributed by atoms with Gasteiger partial charge in [0.05, 0.1) is 13.2 Å². The third-order valence-corrected chi connectivity index (χ3v) is 6.22. The molecule has 0 saturated carbocycles. The van der Waals surface area contributed by atoms with Crippen LogP contribution in [0.15, 0.2) is 84.9 Å². The number of ether oxygens (including phenoxy) is 1. The molecule has 4 rings (SSSR count). The van der Waals surface area contributed by atoms with Crippen molar-refractivity contribution in [2.45, 2.75) is 18.9 Å². The third-order valence-electron chi connectivity index (χ3n) is 6.22. The van der Waals surface area contributed by atoms with E-state index in [2.05, 4.69) is 15.5 Å². The van der Waals surface area contributed by atoms with E-state index in [-0.39, 0.29) is 11.8 Å². The molecule has 6 heteroatoms. The van der Waals surface area contributed by atoms with Crippen LogP contribution in [-0.2, 0) is 16.0 Å². The highest BCUT2D eigenvalue weighted by Gasteiger charge is 2.23. The number of nitrogens with zero attached hydrogens (tertiary/aromatic N) is 1. The minimum atomic E-state index is -0.669. The molecule has 0 spiro atoms. The van der Waals surface area contributed by atoms with Crippen molar-refractivity contribution in [3.63, 3.8) is 0 Å². The maximum absolute atomic E-state index is 13.4. The second kappa shape index (κ2) is 12.8. The molecule has 0 aromatic heterocycles. The number of hydrogen-bond acceptors (Lipinski definition) is 4. The topological polar surface area (TPSA) is 70.7 Å². The van der Waals surface area contributed by atoms with Crippen LogP contribution in [0, 0.1) is 0 Å². The molecule has 1 aliphatic rings. The zero-order chi connectivity index (χ0) is 24.3. The summed E-state index contributed by atoms with van der Waals surface area (Å²) < 4.78 is 5.39. The fraction of sp³-hybridized carbons (Fsp3) is 0.310. The van der Waals surface area contributed by atoms with Gasteiger partial charge in [0.2, 0.25) is 5.91 Å². The standard InChI is InChI=1S/C29H33N3O3/c33-28(26-15-8-7-14-25(26)24-12-5-2-6-13-24)31-27(22-23-10-3-1-4-11-23)29(34)30-16-9-17-32-18-20-35-21-19-32/h1-8,10-15,27H,9,16-22H2,(H,30,34)(H,31,33)/t27-/m0/s1. The lowest BCUT2D eigenvalue weighted by Crippen LogP contribution is -2.48. The molecule has 35 heavy (non-hydrogen) atoms. The van der Waals surface area contributed by atoms with Gasteiger partial charge in [0.25, 0.3) is 5.91 Å². The fourth-order valence-corrected chi connectivity index (χ4v) is 4.31. The zero-order valence-corrected chi connectivity index (χ0v) is 20.0. The molecule has 0 unspecified atom stereocenters. The van der Waals surface area contributed by atoms with Crippen molar-refractivity contribution in [2.24, 2.45) is 0 Å². The number of morpholine rings is 1. The zero-order valence-electron chi connectivity index (χ0n) is 20.0. The van der Waals surface area contributed by atoms with Gasteiger partial charge in [0.15, 0.2) is 0 Å². The van der Waals surface area contributed by atoms with Gasteiger partial charge in [0.1, 0.15) is 6.04 Å². The van der Waals surface area contributed by atoms with Gasteiger partial charge in [-0.3, -0.25) is 14.5 Å². The summed E-state index contributed by atoms with van der Waals surface area (Å²) in [4.78, 5) is 28.9. The van der Waals surface area contributed by atoms with E-state index in [1.54, 1.807) is 6.07 Å². The minimum absolute atomic E-state index is 0.165. The second-order valence-electron chi connectivity index (χ2n) is 8.73. The van der Waals surface area contributed by atoms with E-state index in [9.17, 15) is 9.59 Å². The van der Waals surface area contributed by atoms with E-state index in [4.69, 9.17) is 4.74 Å². The van der Waals surface area contributed by atoms with Gasteiger partial charge in [-0.2, -0.15) is 0 Å². The largest absolute Gasteiger partial charge is 0.379 e. The molecule has 3 aromatic carbocycles. The van der Waals surface area contributed by atoms with Gasteiger partial charge in [0, 0.05) is 31.6 Å².